The number of aromatic nitrogens is 2. The minimum Gasteiger partial charge on any atom is -0.309 e. The highest BCUT2D eigenvalue weighted by molar-refractivity contribution is 9.10. The van der Waals surface area contributed by atoms with Gasteiger partial charge in [-0.05, 0) is 85.2 Å². The zero-order valence-electron chi connectivity index (χ0n) is 28.3. The Labute approximate surface area is 312 Å². The van der Waals surface area contributed by atoms with Gasteiger partial charge in [-0.15, -0.1) is 0 Å². The fourth-order valence-corrected chi connectivity index (χ4v) is 13.7. The molecule has 10 rings (SSSR count). The Hall–Kier alpha value is -5.94. The maximum absolute atomic E-state index is 4.05. The number of fused-ring (bicyclic) bond motifs is 6. The zero-order chi connectivity index (χ0) is 34.6. The van der Waals surface area contributed by atoms with Crippen LogP contribution < -0.4 is 20.7 Å². The lowest BCUT2D eigenvalue weighted by atomic mass is 10.1. The van der Waals surface area contributed by atoms with Gasteiger partial charge in [0.1, 0.15) is 0 Å². The van der Waals surface area contributed by atoms with Crippen molar-refractivity contribution in [1.82, 2.24) is 9.13 Å². The third-order valence-electron chi connectivity index (χ3n) is 10.7. The van der Waals surface area contributed by atoms with Crippen LogP contribution in [0.15, 0.2) is 205 Å². The Morgan fingerprint density at radius 1 is 0.327 bits per heavy atom. The van der Waals surface area contributed by atoms with Gasteiger partial charge in [0.05, 0.1) is 27.8 Å². The van der Waals surface area contributed by atoms with Gasteiger partial charge in [-0.3, -0.25) is 0 Å². The number of para-hydroxylation sites is 3. The predicted molar refractivity (Wildman–Crippen MR) is 226 cm³/mol. The number of hydrogen-bond donors (Lipinski definition) is 0. The molecule has 10 aromatic rings. The molecule has 0 aliphatic carbocycles. The van der Waals surface area contributed by atoms with Crippen molar-refractivity contribution in [2.75, 3.05) is 0 Å². The first-order chi connectivity index (χ1) is 25.7. The largest absolute Gasteiger partial charge is 0.309 e. The third kappa shape index (κ3) is 4.61. The lowest BCUT2D eigenvalue weighted by molar-refractivity contribution is 1.16. The van der Waals surface area contributed by atoms with E-state index in [0.29, 0.717) is 0 Å². The van der Waals surface area contributed by atoms with Crippen LogP contribution in [0.4, 0.5) is 0 Å². The summed E-state index contributed by atoms with van der Waals surface area (Å²) in [5, 5.41) is 10.4. The summed E-state index contributed by atoms with van der Waals surface area (Å²) in [5.74, 6) is 0. The van der Waals surface area contributed by atoms with Gasteiger partial charge < -0.3 is 9.13 Å². The first kappa shape index (κ1) is 30.8. The zero-order valence-corrected chi connectivity index (χ0v) is 30.9. The summed E-state index contributed by atoms with van der Waals surface area (Å²) in [5.41, 5.74) is 7.07. The maximum Gasteiger partial charge on any atom is 0.179 e. The number of halogens is 1. The molecule has 0 saturated carbocycles. The van der Waals surface area contributed by atoms with Gasteiger partial charge in [0.15, 0.2) is 8.07 Å². The molecule has 0 amide bonds. The standard InChI is InChI=1S/C48H33BrN2Si/c49-43-30-29-38(52(35-16-4-1-5-17-35,36-18-6-2-7-19-36)37-20-8-3-9-21-37)33-48(43)51-46-27-15-12-24-41(46)42-32-34(28-31-47(42)51)50-44-25-13-10-22-39(44)40-23-11-14-26-45(40)50/h1-33H. The van der Waals surface area contributed by atoms with Gasteiger partial charge in [0, 0.05) is 31.7 Å². The molecular formula is C48H33BrN2Si. The monoisotopic (exact) mass is 744 g/mol. The van der Waals surface area contributed by atoms with Crippen molar-refractivity contribution in [3.8, 4) is 11.4 Å². The molecule has 4 heteroatoms. The lowest BCUT2D eigenvalue weighted by Crippen LogP contribution is -2.74. The van der Waals surface area contributed by atoms with E-state index in [4.69, 9.17) is 0 Å². The fraction of sp³-hybridized carbons (Fsp3) is 0. The van der Waals surface area contributed by atoms with E-state index in [1.807, 2.05) is 0 Å². The van der Waals surface area contributed by atoms with Crippen LogP contribution in [0, 0.1) is 0 Å². The van der Waals surface area contributed by atoms with Crippen LogP contribution in [0.3, 0.4) is 0 Å². The van der Waals surface area contributed by atoms with E-state index >= 15 is 0 Å². The van der Waals surface area contributed by atoms with Crippen LogP contribution in [-0.2, 0) is 0 Å². The average Bonchev–Trinajstić information content (AvgIpc) is 3.73. The van der Waals surface area contributed by atoms with Crippen LogP contribution in [0.2, 0.25) is 0 Å². The SMILES string of the molecule is Brc1ccc([Si](c2ccccc2)(c2ccccc2)c2ccccc2)cc1-n1c2ccccc2c2cc(-n3c4ccccc4c4ccccc43)ccc21. The Kier molecular flexibility index (Phi) is 7.34. The molecule has 52 heavy (non-hydrogen) atoms. The van der Waals surface area contributed by atoms with Gasteiger partial charge >= 0.3 is 0 Å². The van der Waals surface area contributed by atoms with Crippen molar-refractivity contribution in [2.24, 2.45) is 0 Å². The number of hydrogen-bond acceptors (Lipinski definition) is 0. The Morgan fingerprint density at radius 2 is 0.750 bits per heavy atom. The van der Waals surface area contributed by atoms with Crippen LogP contribution >= 0.6 is 15.9 Å². The average molecular weight is 746 g/mol. The van der Waals surface area contributed by atoms with Gasteiger partial charge in [-0.2, -0.15) is 0 Å². The summed E-state index contributed by atoms with van der Waals surface area (Å²) in [4.78, 5) is 0. The first-order valence-electron chi connectivity index (χ1n) is 17.7. The summed E-state index contributed by atoms with van der Waals surface area (Å²) in [7, 11) is -2.74. The van der Waals surface area contributed by atoms with E-state index in [1.54, 1.807) is 0 Å². The van der Waals surface area contributed by atoms with Crippen molar-refractivity contribution in [3.05, 3.63) is 205 Å². The van der Waals surface area contributed by atoms with Crippen LogP contribution in [0.1, 0.15) is 0 Å². The van der Waals surface area contributed by atoms with E-state index in [0.717, 1.165) is 15.8 Å². The molecule has 0 fully saturated rings. The maximum atomic E-state index is 4.05. The second-order valence-electron chi connectivity index (χ2n) is 13.4. The number of nitrogens with zero attached hydrogens (tertiary/aromatic N) is 2. The van der Waals surface area contributed by atoms with E-state index in [1.165, 1.54) is 64.4 Å². The van der Waals surface area contributed by atoms with Crippen molar-refractivity contribution < 1.29 is 0 Å². The second kappa shape index (κ2) is 12.4. The molecular weight excluding hydrogens is 713 g/mol. The topological polar surface area (TPSA) is 9.86 Å². The summed E-state index contributed by atoms with van der Waals surface area (Å²) in [6.45, 7) is 0. The molecule has 0 unspecified atom stereocenters. The van der Waals surface area contributed by atoms with Crippen molar-refractivity contribution >= 4 is 88.4 Å². The van der Waals surface area contributed by atoms with Crippen LogP contribution in [-0.4, -0.2) is 17.2 Å². The van der Waals surface area contributed by atoms with Gasteiger partial charge in [-0.1, -0.05) is 152 Å². The second-order valence-corrected chi connectivity index (χ2v) is 18.1. The molecule has 2 aromatic heterocycles. The summed E-state index contributed by atoms with van der Waals surface area (Å²) in [6.07, 6.45) is 0. The molecule has 2 heterocycles. The minimum atomic E-state index is -2.74. The van der Waals surface area contributed by atoms with E-state index in [9.17, 15) is 0 Å². The first-order valence-corrected chi connectivity index (χ1v) is 20.5. The molecule has 2 nitrogen and oxygen atoms in total. The number of rotatable bonds is 6. The highest BCUT2D eigenvalue weighted by Crippen LogP contribution is 2.38. The summed E-state index contributed by atoms with van der Waals surface area (Å²) in [6, 6.07) is 73.7. The molecule has 0 aliphatic heterocycles. The molecule has 246 valence electrons. The van der Waals surface area contributed by atoms with E-state index in [-0.39, 0.29) is 0 Å². The van der Waals surface area contributed by atoms with E-state index < -0.39 is 8.07 Å². The minimum absolute atomic E-state index is 1.06. The van der Waals surface area contributed by atoms with E-state index in [2.05, 4.69) is 225 Å². The Bertz CT molecular complexity index is 2760. The van der Waals surface area contributed by atoms with Gasteiger partial charge in [0.2, 0.25) is 0 Å². The van der Waals surface area contributed by atoms with Crippen molar-refractivity contribution in [2.45, 2.75) is 0 Å². The molecule has 0 bridgehead atoms. The van der Waals surface area contributed by atoms with Gasteiger partial charge in [-0.25, -0.2) is 0 Å². The molecule has 0 radical (unpaired) electrons. The smallest absolute Gasteiger partial charge is 0.179 e. The quantitative estimate of drug-likeness (QED) is 0.119. The highest BCUT2D eigenvalue weighted by Gasteiger charge is 2.41. The lowest BCUT2D eigenvalue weighted by Gasteiger charge is -2.35. The highest BCUT2D eigenvalue weighted by atomic mass is 79.9. The molecule has 0 N–H and O–H groups in total. The Morgan fingerprint density at radius 3 is 1.27 bits per heavy atom. The Balaban J connectivity index is 1.25. The molecule has 0 aliphatic rings. The summed E-state index contributed by atoms with van der Waals surface area (Å²) < 4.78 is 5.92. The van der Waals surface area contributed by atoms with Crippen molar-refractivity contribution in [3.63, 3.8) is 0 Å². The van der Waals surface area contributed by atoms with Crippen LogP contribution in [0.25, 0.3) is 55.0 Å². The molecule has 0 saturated heterocycles. The third-order valence-corrected chi connectivity index (χ3v) is 16.2. The van der Waals surface area contributed by atoms with Crippen molar-refractivity contribution in [1.29, 1.82) is 0 Å². The summed E-state index contributed by atoms with van der Waals surface area (Å²) >= 11 is 4.05. The molecule has 0 atom stereocenters. The number of benzene rings is 8. The fourth-order valence-electron chi connectivity index (χ4n) is 8.54. The van der Waals surface area contributed by atoms with Gasteiger partial charge in [0.25, 0.3) is 0 Å². The molecule has 0 spiro atoms. The predicted octanol–water partition coefficient (Wildman–Crippen LogP) is 10.0. The van der Waals surface area contributed by atoms with Crippen LogP contribution in [0.5, 0.6) is 0 Å². The normalized spacial score (nSPS) is 11.9. The molecule has 8 aromatic carbocycles.